The quantitative estimate of drug-likeness (QED) is 0.0767. The molecule has 0 aliphatic heterocycles. The molecule has 0 saturated carbocycles. The Morgan fingerprint density at radius 1 is 0.902 bits per heavy atom. The number of thioether (sulfide) groups is 1. The number of methoxy groups -OCH3 is 1. The first-order chi connectivity index (χ1) is 24.7. The van der Waals surface area contributed by atoms with Crippen LogP contribution in [0.15, 0.2) is 89.5 Å². The fourth-order valence-corrected chi connectivity index (χ4v) is 8.12. The molecule has 0 spiro atoms. The second-order valence-corrected chi connectivity index (χ2v) is 14.8. The van der Waals surface area contributed by atoms with Crippen LogP contribution in [0.4, 0.5) is 16.4 Å². The molecule has 1 aliphatic rings. The molecule has 3 aromatic carbocycles. The van der Waals surface area contributed by atoms with E-state index < -0.39 is 23.0 Å². The predicted octanol–water partition coefficient (Wildman–Crippen LogP) is 8.18. The molecule has 1 atom stereocenters. The number of anilines is 3. The summed E-state index contributed by atoms with van der Waals surface area (Å²) in [6.07, 6.45) is 8.20. The summed E-state index contributed by atoms with van der Waals surface area (Å²) < 4.78 is 5.14. The van der Waals surface area contributed by atoms with Crippen LogP contribution in [0.1, 0.15) is 75.7 Å². The van der Waals surface area contributed by atoms with Crippen molar-refractivity contribution in [2.75, 3.05) is 36.7 Å². The van der Waals surface area contributed by atoms with Crippen LogP contribution in [0.25, 0.3) is 6.08 Å². The van der Waals surface area contributed by atoms with E-state index >= 15 is 0 Å². The molecule has 0 bridgehead atoms. The molecule has 1 aliphatic carbocycles. The van der Waals surface area contributed by atoms with Crippen LogP contribution in [-0.2, 0) is 27.2 Å². The second kappa shape index (κ2) is 17.9. The van der Waals surface area contributed by atoms with Crippen LogP contribution in [0.3, 0.4) is 0 Å². The zero-order valence-electron chi connectivity index (χ0n) is 29.4. The maximum absolute atomic E-state index is 13.7. The van der Waals surface area contributed by atoms with Crippen molar-refractivity contribution in [2.45, 2.75) is 62.0 Å². The van der Waals surface area contributed by atoms with Crippen molar-refractivity contribution in [3.8, 4) is 0 Å². The molecule has 51 heavy (non-hydrogen) atoms. The van der Waals surface area contributed by atoms with Gasteiger partial charge >= 0.3 is 5.97 Å². The average Bonchev–Trinajstić information content (AvgIpc) is 3.45. The number of hydrogen-bond acceptors (Lipinski definition) is 8. The molecule has 0 fully saturated rings. The van der Waals surface area contributed by atoms with Gasteiger partial charge in [-0.3, -0.25) is 14.4 Å². The topological polar surface area (TPSA) is 117 Å². The maximum Gasteiger partial charge on any atom is 0.341 e. The van der Waals surface area contributed by atoms with Crippen LogP contribution >= 0.6 is 23.1 Å². The molecule has 0 radical (unpaired) electrons. The van der Waals surface area contributed by atoms with E-state index in [1.54, 1.807) is 42.5 Å². The van der Waals surface area contributed by atoms with Crippen LogP contribution in [-0.4, -0.2) is 50.1 Å². The Morgan fingerprint density at radius 3 is 2.31 bits per heavy atom. The van der Waals surface area contributed by atoms with Crippen LogP contribution < -0.4 is 20.9 Å². The van der Waals surface area contributed by atoms with Gasteiger partial charge in [-0.25, -0.2) is 4.79 Å². The lowest BCUT2D eigenvalue weighted by molar-refractivity contribution is -0.116. The Bertz CT molecular complexity index is 1890. The molecule has 0 saturated heterocycles. The summed E-state index contributed by atoms with van der Waals surface area (Å²) >= 11 is 2.86. The lowest BCUT2D eigenvalue weighted by Gasteiger charge is -2.16. The van der Waals surface area contributed by atoms with Gasteiger partial charge in [-0.05, 0) is 91.8 Å². The summed E-state index contributed by atoms with van der Waals surface area (Å²) in [4.78, 5) is 57.3. The van der Waals surface area contributed by atoms with Gasteiger partial charge in [0.2, 0.25) is 5.91 Å². The Labute approximate surface area is 307 Å². The zero-order chi connectivity index (χ0) is 36.3. The maximum atomic E-state index is 13.7. The number of ether oxygens (including phenoxy) is 1. The fraction of sp³-hybridized carbons (Fsp3) is 0.300. The third-order valence-electron chi connectivity index (χ3n) is 8.58. The number of aryl methyl sites for hydroxylation is 1. The van der Waals surface area contributed by atoms with Crippen LogP contribution in [0.2, 0.25) is 0 Å². The lowest BCUT2D eigenvalue weighted by atomic mass is 9.96. The molecule has 1 aromatic heterocycles. The molecular weight excluding hydrogens is 681 g/mol. The van der Waals surface area contributed by atoms with Gasteiger partial charge in [0.15, 0.2) is 0 Å². The van der Waals surface area contributed by atoms with Gasteiger partial charge in [-0.2, -0.15) is 0 Å². The van der Waals surface area contributed by atoms with E-state index in [1.165, 1.54) is 30.2 Å². The predicted molar refractivity (Wildman–Crippen MR) is 208 cm³/mol. The van der Waals surface area contributed by atoms with Gasteiger partial charge in [0.05, 0.1) is 17.9 Å². The van der Waals surface area contributed by atoms with Crippen molar-refractivity contribution >= 4 is 69.2 Å². The van der Waals surface area contributed by atoms with Gasteiger partial charge in [0.1, 0.15) is 10.7 Å². The summed E-state index contributed by atoms with van der Waals surface area (Å²) in [7, 11) is 5.27. The molecule has 1 unspecified atom stereocenters. The highest BCUT2D eigenvalue weighted by Crippen LogP contribution is 2.38. The third kappa shape index (κ3) is 9.89. The number of esters is 1. The first-order valence-corrected chi connectivity index (χ1v) is 18.8. The van der Waals surface area contributed by atoms with Crippen molar-refractivity contribution in [1.82, 2.24) is 5.32 Å². The highest BCUT2D eigenvalue weighted by Gasteiger charge is 2.28. The number of thiophene rings is 1. The standard InChI is InChI=1S/C40H44N4O5S2/c1-5-33(38(47)43-39-35(40(48)49-4)31-18-11-6-7-12-19-34(31)51-39)50-30-17-13-16-28(25-30)41-37(46)32(42-36(45)27-14-9-8-10-15-27)24-26-20-22-29(23-21-26)44(2)3/h8-10,13-17,20-25,33H,5-7,11-12,18-19H2,1-4H3,(H,41,46)(H,42,45)(H,43,47)/b32-24+. The van der Waals surface area contributed by atoms with Crippen molar-refractivity contribution in [1.29, 1.82) is 0 Å². The lowest BCUT2D eigenvalue weighted by Crippen LogP contribution is -2.30. The molecular formula is C40H44N4O5S2. The minimum atomic E-state index is -0.494. The van der Waals surface area contributed by atoms with Gasteiger partial charge < -0.3 is 25.6 Å². The molecule has 266 valence electrons. The zero-order valence-corrected chi connectivity index (χ0v) is 31.0. The summed E-state index contributed by atoms with van der Waals surface area (Å²) in [5.41, 5.74) is 4.25. The summed E-state index contributed by atoms with van der Waals surface area (Å²) in [5.74, 6) is -1.53. The number of amides is 3. The Morgan fingerprint density at radius 2 is 1.63 bits per heavy atom. The second-order valence-electron chi connectivity index (χ2n) is 12.5. The van der Waals surface area contributed by atoms with Gasteiger partial charge in [-0.1, -0.05) is 56.2 Å². The molecule has 1 heterocycles. The minimum absolute atomic E-state index is 0.0804. The van der Waals surface area contributed by atoms with E-state index in [-0.39, 0.29) is 11.6 Å². The average molecular weight is 725 g/mol. The van der Waals surface area contributed by atoms with Gasteiger partial charge in [0, 0.05) is 40.8 Å². The van der Waals surface area contributed by atoms with Crippen molar-refractivity contribution in [3.63, 3.8) is 0 Å². The summed E-state index contributed by atoms with van der Waals surface area (Å²) in [6.45, 7) is 1.94. The van der Waals surface area contributed by atoms with Gasteiger partial charge in [-0.15, -0.1) is 23.1 Å². The number of carbonyl (C=O) groups is 4. The van der Waals surface area contributed by atoms with Crippen LogP contribution in [0.5, 0.6) is 0 Å². The number of carbonyl (C=O) groups excluding carboxylic acids is 4. The number of fused-ring (bicyclic) bond motifs is 1. The Balaban J connectivity index is 1.32. The van der Waals surface area contributed by atoms with E-state index in [2.05, 4.69) is 16.0 Å². The van der Waals surface area contributed by atoms with E-state index in [1.807, 2.05) is 68.4 Å². The number of benzene rings is 3. The first kappa shape index (κ1) is 37.4. The summed E-state index contributed by atoms with van der Waals surface area (Å²) in [6, 6.07) is 23.6. The third-order valence-corrected chi connectivity index (χ3v) is 11.1. The van der Waals surface area contributed by atoms with Crippen molar-refractivity contribution < 1.29 is 23.9 Å². The van der Waals surface area contributed by atoms with Gasteiger partial charge in [0.25, 0.3) is 11.8 Å². The molecule has 11 heteroatoms. The Hall–Kier alpha value is -4.87. The SMILES string of the molecule is CCC(Sc1cccc(NC(=O)/C(=C\c2ccc(N(C)C)cc2)NC(=O)c2ccccc2)c1)C(=O)Nc1sc2c(c1C(=O)OC)CCCCCC2. The van der Waals surface area contributed by atoms with Crippen molar-refractivity contribution in [3.05, 3.63) is 112 Å². The first-order valence-electron chi connectivity index (χ1n) is 17.1. The smallest absolute Gasteiger partial charge is 0.341 e. The molecule has 3 amide bonds. The highest BCUT2D eigenvalue weighted by molar-refractivity contribution is 8.00. The molecule has 9 nitrogen and oxygen atoms in total. The number of nitrogens with zero attached hydrogens (tertiary/aromatic N) is 1. The fourth-order valence-electron chi connectivity index (χ4n) is 5.83. The number of rotatable bonds is 12. The normalized spacial score (nSPS) is 13.5. The van der Waals surface area contributed by atoms with E-state index in [4.69, 9.17) is 4.74 Å². The molecule has 4 aromatic rings. The minimum Gasteiger partial charge on any atom is -0.465 e. The van der Waals surface area contributed by atoms with Crippen molar-refractivity contribution in [2.24, 2.45) is 0 Å². The Kier molecular flexibility index (Phi) is 13.1. The van der Waals surface area contributed by atoms with E-state index in [0.717, 1.165) is 65.1 Å². The molecule has 5 rings (SSSR count). The van der Waals surface area contributed by atoms with E-state index in [0.29, 0.717) is 28.2 Å². The number of nitrogens with one attached hydrogen (secondary N) is 3. The highest BCUT2D eigenvalue weighted by atomic mass is 32.2. The van der Waals surface area contributed by atoms with E-state index in [9.17, 15) is 19.2 Å². The number of hydrogen-bond donors (Lipinski definition) is 3. The van der Waals surface area contributed by atoms with Crippen LogP contribution in [0, 0.1) is 0 Å². The summed E-state index contributed by atoms with van der Waals surface area (Å²) in [5, 5.41) is 8.85. The largest absolute Gasteiger partial charge is 0.465 e. The molecule has 3 N–H and O–H groups in total. The monoisotopic (exact) mass is 724 g/mol.